The molecular weight excluding hydrogens is 282 g/mol. The van der Waals surface area contributed by atoms with Gasteiger partial charge < -0.3 is 5.11 Å². The van der Waals surface area contributed by atoms with E-state index >= 15 is 0 Å². The molecule has 0 heterocycles. The van der Waals surface area contributed by atoms with Crippen LogP contribution in [-0.4, -0.2) is 16.0 Å². The van der Waals surface area contributed by atoms with E-state index in [1.54, 1.807) is 24.3 Å². The Morgan fingerprint density at radius 3 is 2.05 bits per heavy atom. The molecule has 22 heavy (non-hydrogen) atoms. The van der Waals surface area contributed by atoms with Gasteiger partial charge in [0, 0.05) is 22.0 Å². The van der Waals surface area contributed by atoms with Gasteiger partial charge in [0.15, 0.2) is 0 Å². The number of carbonyl (C=O) groups is 1. The molecule has 0 saturated carbocycles. The van der Waals surface area contributed by atoms with Crippen LogP contribution in [0, 0.1) is 16.0 Å². The molecule has 2 bridgehead atoms. The molecule has 0 fully saturated rings. The first kappa shape index (κ1) is 13.0. The van der Waals surface area contributed by atoms with Crippen LogP contribution < -0.4 is 0 Å². The van der Waals surface area contributed by atoms with Gasteiger partial charge in [0.1, 0.15) is 5.92 Å². The first-order valence-electron chi connectivity index (χ1n) is 7.14. The molecule has 110 valence electrons. The molecule has 0 amide bonds. The average Bonchev–Trinajstić information content (AvgIpc) is 2.54. The SMILES string of the molecule is O=C(O)[C@@H]1CC2c3ccccc3C1([N+](=O)[O-])c1ccccc12. The van der Waals surface area contributed by atoms with Crippen LogP contribution in [0.5, 0.6) is 0 Å². The fraction of sp³-hybridized carbons (Fsp3) is 0.235. The summed E-state index contributed by atoms with van der Waals surface area (Å²) >= 11 is 0. The van der Waals surface area contributed by atoms with Crippen LogP contribution in [0.1, 0.15) is 34.6 Å². The third kappa shape index (κ3) is 1.31. The summed E-state index contributed by atoms with van der Waals surface area (Å²) in [5, 5.41) is 21.7. The largest absolute Gasteiger partial charge is 0.481 e. The quantitative estimate of drug-likeness (QED) is 0.682. The standard InChI is InChI=1S/C17H13NO4/c19-16(20)15-9-12-10-5-1-3-7-13(10)17(15,18(21)22)14-8-4-2-6-11(12)14/h1-8,12,15H,9H2,(H,19,20)/t12?,15-,17?/m0/s1. The first-order valence-corrected chi connectivity index (χ1v) is 7.14. The van der Waals surface area contributed by atoms with Gasteiger partial charge in [-0.3, -0.25) is 14.9 Å². The van der Waals surface area contributed by atoms with Crippen LogP contribution in [0.15, 0.2) is 48.5 Å². The van der Waals surface area contributed by atoms with Gasteiger partial charge in [0.05, 0.1) is 0 Å². The summed E-state index contributed by atoms with van der Waals surface area (Å²) in [6, 6.07) is 14.4. The highest BCUT2D eigenvalue weighted by Gasteiger charge is 2.65. The van der Waals surface area contributed by atoms with Crippen molar-refractivity contribution in [1.29, 1.82) is 0 Å². The lowest BCUT2D eigenvalue weighted by atomic mass is 9.55. The molecule has 5 rings (SSSR count). The molecule has 5 nitrogen and oxygen atoms in total. The number of hydrogen-bond acceptors (Lipinski definition) is 3. The van der Waals surface area contributed by atoms with Gasteiger partial charge in [-0.2, -0.15) is 0 Å². The Bertz CT molecular complexity index is 766. The van der Waals surface area contributed by atoms with E-state index < -0.39 is 22.3 Å². The Morgan fingerprint density at radius 1 is 1.09 bits per heavy atom. The summed E-state index contributed by atoms with van der Waals surface area (Å²) in [5.41, 5.74) is 1.14. The molecule has 0 aromatic heterocycles. The Balaban J connectivity index is 2.16. The lowest BCUT2D eigenvalue weighted by Gasteiger charge is -2.46. The van der Waals surface area contributed by atoms with E-state index in [-0.39, 0.29) is 12.3 Å². The second kappa shape index (κ2) is 4.16. The number of hydrogen-bond donors (Lipinski definition) is 1. The zero-order valence-electron chi connectivity index (χ0n) is 11.6. The maximum absolute atomic E-state index is 12.1. The number of fused-ring (bicyclic) bond motifs is 1. The molecular formula is C17H13NO4. The van der Waals surface area contributed by atoms with Crippen molar-refractivity contribution in [2.45, 2.75) is 17.9 Å². The van der Waals surface area contributed by atoms with Gasteiger partial charge in [-0.25, -0.2) is 0 Å². The van der Waals surface area contributed by atoms with E-state index in [2.05, 4.69) is 0 Å². The van der Waals surface area contributed by atoms with Gasteiger partial charge in [0.25, 0.3) is 5.54 Å². The summed E-state index contributed by atoms with van der Waals surface area (Å²) in [6.07, 6.45) is 0.268. The van der Waals surface area contributed by atoms with E-state index in [1.165, 1.54) is 0 Å². The average molecular weight is 295 g/mol. The van der Waals surface area contributed by atoms with Crippen molar-refractivity contribution < 1.29 is 14.8 Å². The Hall–Kier alpha value is -2.69. The molecule has 2 aromatic rings. The zero-order valence-corrected chi connectivity index (χ0v) is 11.6. The number of carboxylic acid groups (broad SMARTS) is 1. The van der Waals surface area contributed by atoms with Gasteiger partial charge >= 0.3 is 5.97 Å². The van der Waals surface area contributed by atoms with Gasteiger partial charge in [-0.1, -0.05) is 48.5 Å². The number of nitrogens with zero attached hydrogens (tertiary/aromatic N) is 1. The van der Waals surface area contributed by atoms with Crippen LogP contribution in [-0.2, 0) is 10.3 Å². The van der Waals surface area contributed by atoms with Crippen molar-refractivity contribution in [3.05, 3.63) is 80.9 Å². The van der Waals surface area contributed by atoms with Crippen molar-refractivity contribution in [3.8, 4) is 0 Å². The highest BCUT2D eigenvalue weighted by Crippen LogP contribution is 2.59. The van der Waals surface area contributed by atoms with E-state index in [0.717, 1.165) is 11.1 Å². The van der Waals surface area contributed by atoms with Crippen molar-refractivity contribution in [1.82, 2.24) is 0 Å². The minimum absolute atomic E-state index is 0.0877. The lowest BCUT2D eigenvalue weighted by molar-refractivity contribution is -0.577. The third-order valence-corrected chi connectivity index (χ3v) is 5.06. The van der Waals surface area contributed by atoms with Crippen LogP contribution >= 0.6 is 0 Å². The number of nitro groups is 1. The molecule has 0 aliphatic heterocycles. The number of aliphatic carboxylic acids is 1. The molecule has 0 saturated heterocycles. The van der Waals surface area contributed by atoms with Crippen molar-refractivity contribution >= 4 is 5.97 Å². The highest BCUT2D eigenvalue weighted by molar-refractivity contribution is 5.77. The van der Waals surface area contributed by atoms with E-state index in [9.17, 15) is 20.0 Å². The molecule has 0 spiro atoms. The van der Waals surface area contributed by atoms with E-state index in [4.69, 9.17) is 0 Å². The van der Waals surface area contributed by atoms with Crippen LogP contribution in [0.4, 0.5) is 0 Å². The fourth-order valence-corrected chi connectivity index (χ4v) is 4.25. The molecule has 1 atom stereocenters. The summed E-state index contributed by atoms with van der Waals surface area (Å²) in [4.78, 5) is 23.5. The maximum atomic E-state index is 12.1. The third-order valence-electron chi connectivity index (χ3n) is 5.06. The fourth-order valence-electron chi connectivity index (χ4n) is 4.25. The molecule has 5 heteroatoms. The van der Waals surface area contributed by atoms with Gasteiger partial charge in [-0.15, -0.1) is 0 Å². The van der Waals surface area contributed by atoms with Crippen molar-refractivity contribution in [2.75, 3.05) is 0 Å². The second-order valence-corrected chi connectivity index (χ2v) is 5.88. The molecule has 3 aliphatic rings. The second-order valence-electron chi connectivity index (χ2n) is 5.88. The summed E-state index contributed by atoms with van der Waals surface area (Å²) < 4.78 is 0. The van der Waals surface area contributed by atoms with Gasteiger partial charge in [0.2, 0.25) is 0 Å². The van der Waals surface area contributed by atoms with Crippen LogP contribution in [0.2, 0.25) is 0 Å². The number of benzene rings is 2. The minimum atomic E-state index is -1.69. The predicted octanol–water partition coefficient (Wildman–Crippen LogP) is 2.76. The molecule has 0 radical (unpaired) electrons. The monoisotopic (exact) mass is 295 g/mol. The summed E-state index contributed by atoms with van der Waals surface area (Å²) in [7, 11) is 0. The van der Waals surface area contributed by atoms with Crippen molar-refractivity contribution in [2.24, 2.45) is 5.92 Å². The Kier molecular flexibility index (Phi) is 2.46. The Morgan fingerprint density at radius 2 is 1.59 bits per heavy atom. The molecule has 0 unspecified atom stereocenters. The van der Waals surface area contributed by atoms with Crippen molar-refractivity contribution in [3.63, 3.8) is 0 Å². The topological polar surface area (TPSA) is 80.4 Å². The Labute approximate surface area is 126 Å². The number of rotatable bonds is 2. The number of carboxylic acids is 1. The maximum Gasteiger partial charge on any atom is 0.314 e. The molecule has 2 aromatic carbocycles. The normalized spacial score (nSPS) is 27.8. The lowest BCUT2D eigenvalue weighted by Crippen LogP contribution is -2.54. The summed E-state index contributed by atoms with van der Waals surface area (Å²) in [5.74, 6) is -2.24. The first-order chi connectivity index (χ1) is 10.6. The molecule has 3 aliphatic carbocycles. The highest BCUT2D eigenvalue weighted by atomic mass is 16.6. The smallest absolute Gasteiger partial charge is 0.314 e. The van der Waals surface area contributed by atoms with Gasteiger partial charge in [-0.05, 0) is 17.5 Å². The van der Waals surface area contributed by atoms with Crippen LogP contribution in [0.3, 0.4) is 0 Å². The van der Waals surface area contributed by atoms with E-state index in [0.29, 0.717) is 11.1 Å². The predicted molar refractivity (Wildman–Crippen MR) is 78.2 cm³/mol. The van der Waals surface area contributed by atoms with Crippen LogP contribution in [0.25, 0.3) is 0 Å². The minimum Gasteiger partial charge on any atom is -0.481 e. The molecule has 1 N–H and O–H groups in total. The van der Waals surface area contributed by atoms with E-state index in [1.807, 2.05) is 24.3 Å². The zero-order chi connectivity index (χ0) is 15.5. The summed E-state index contributed by atoms with van der Waals surface area (Å²) in [6.45, 7) is 0.